The van der Waals surface area contributed by atoms with E-state index < -0.39 is 0 Å². The molecule has 0 atom stereocenters. The molecule has 0 saturated carbocycles. The van der Waals surface area contributed by atoms with Gasteiger partial charge in [-0.2, -0.15) is 5.26 Å². The number of nitriles is 1. The van der Waals surface area contributed by atoms with Crippen molar-refractivity contribution in [3.05, 3.63) is 88.5 Å². The predicted octanol–water partition coefficient (Wildman–Crippen LogP) is 5.61. The van der Waals surface area contributed by atoms with Crippen LogP contribution in [0.1, 0.15) is 52.9 Å². The molecule has 0 fully saturated rings. The topological polar surface area (TPSA) is 82.3 Å². The van der Waals surface area contributed by atoms with Crippen molar-refractivity contribution in [3.63, 3.8) is 0 Å². The van der Waals surface area contributed by atoms with Gasteiger partial charge in [0.2, 0.25) is 0 Å². The SMILES string of the molecule is CCCc1c(OCc2ccc(NCc3cccc(C#N)c3)cc2)ccc(C(C)=O)c1O. The van der Waals surface area contributed by atoms with E-state index in [4.69, 9.17) is 10.00 Å². The normalized spacial score (nSPS) is 10.4. The number of nitrogens with zero attached hydrogens (tertiary/aromatic N) is 1. The lowest BCUT2D eigenvalue weighted by molar-refractivity contribution is 0.101. The zero-order valence-corrected chi connectivity index (χ0v) is 17.8. The molecule has 0 bridgehead atoms. The maximum absolute atomic E-state index is 11.7. The molecule has 0 amide bonds. The second-order valence-electron chi connectivity index (χ2n) is 7.40. The first-order chi connectivity index (χ1) is 15.0. The van der Waals surface area contributed by atoms with Crippen molar-refractivity contribution in [2.75, 3.05) is 5.32 Å². The van der Waals surface area contributed by atoms with Crippen LogP contribution >= 0.6 is 0 Å². The van der Waals surface area contributed by atoms with E-state index in [0.717, 1.165) is 23.2 Å². The minimum atomic E-state index is -0.163. The molecule has 5 nitrogen and oxygen atoms in total. The molecule has 0 spiro atoms. The summed E-state index contributed by atoms with van der Waals surface area (Å²) < 4.78 is 5.96. The lowest BCUT2D eigenvalue weighted by atomic mass is 10.0. The van der Waals surface area contributed by atoms with Crippen LogP contribution in [-0.4, -0.2) is 10.9 Å². The maximum Gasteiger partial charge on any atom is 0.163 e. The summed E-state index contributed by atoms with van der Waals surface area (Å²) in [5.41, 5.74) is 4.66. The number of anilines is 1. The first kappa shape index (κ1) is 21.9. The number of phenolic OH excluding ortho intramolecular Hbond substituents is 1. The lowest BCUT2D eigenvalue weighted by Crippen LogP contribution is -2.03. The van der Waals surface area contributed by atoms with Crippen molar-refractivity contribution < 1.29 is 14.6 Å². The van der Waals surface area contributed by atoms with E-state index in [0.29, 0.717) is 42.0 Å². The number of rotatable bonds is 9. The number of carbonyl (C=O) groups is 1. The summed E-state index contributed by atoms with van der Waals surface area (Å²) in [5.74, 6) is 0.458. The molecule has 0 aliphatic carbocycles. The van der Waals surface area contributed by atoms with Gasteiger partial charge in [-0.3, -0.25) is 4.79 Å². The number of nitrogens with one attached hydrogen (secondary N) is 1. The molecule has 0 heterocycles. The van der Waals surface area contributed by atoms with Gasteiger partial charge in [0.25, 0.3) is 0 Å². The Bertz CT molecular complexity index is 1100. The van der Waals surface area contributed by atoms with Gasteiger partial charge in [-0.15, -0.1) is 0 Å². The predicted molar refractivity (Wildman–Crippen MR) is 121 cm³/mol. The summed E-state index contributed by atoms with van der Waals surface area (Å²) in [6.07, 6.45) is 1.47. The van der Waals surface area contributed by atoms with Gasteiger partial charge in [0.05, 0.1) is 17.2 Å². The molecule has 3 aromatic carbocycles. The summed E-state index contributed by atoms with van der Waals surface area (Å²) in [7, 11) is 0. The van der Waals surface area contributed by atoms with Crippen molar-refractivity contribution in [2.45, 2.75) is 39.8 Å². The maximum atomic E-state index is 11.7. The van der Waals surface area contributed by atoms with Gasteiger partial charge in [-0.25, -0.2) is 0 Å². The first-order valence-corrected chi connectivity index (χ1v) is 10.3. The van der Waals surface area contributed by atoms with Crippen LogP contribution in [0, 0.1) is 11.3 Å². The first-order valence-electron chi connectivity index (χ1n) is 10.3. The van der Waals surface area contributed by atoms with E-state index >= 15 is 0 Å². The molecule has 0 unspecified atom stereocenters. The van der Waals surface area contributed by atoms with Gasteiger partial charge in [0.1, 0.15) is 18.1 Å². The highest BCUT2D eigenvalue weighted by Crippen LogP contribution is 2.33. The van der Waals surface area contributed by atoms with E-state index in [9.17, 15) is 9.90 Å². The fraction of sp³-hybridized carbons (Fsp3) is 0.231. The van der Waals surface area contributed by atoms with Crippen LogP contribution in [0.5, 0.6) is 11.5 Å². The number of ketones is 1. The van der Waals surface area contributed by atoms with Crippen molar-refractivity contribution in [1.29, 1.82) is 5.26 Å². The summed E-state index contributed by atoms with van der Waals surface area (Å²) in [6.45, 7) is 4.46. The zero-order chi connectivity index (χ0) is 22.2. The summed E-state index contributed by atoms with van der Waals surface area (Å²) >= 11 is 0. The summed E-state index contributed by atoms with van der Waals surface area (Å²) in [6, 6.07) is 21.0. The molecule has 31 heavy (non-hydrogen) atoms. The Kier molecular flexibility index (Phi) is 7.29. The highest BCUT2D eigenvalue weighted by Gasteiger charge is 2.16. The van der Waals surface area contributed by atoms with Crippen LogP contribution in [0.2, 0.25) is 0 Å². The number of ether oxygens (including phenoxy) is 1. The average molecular weight is 415 g/mol. The fourth-order valence-electron chi connectivity index (χ4n) is 3.36. The number of hydrogen-bond donors (Lipinski definition) is 2. The molecule has 2 N–H and O–H groups in total. The second-order valence-corrected chi connectivity index (χ2v) is 7.40. The van der Waals surface area contributed by atoms with Crippen LogP contribution in [0.25, 0.3) is 0 Å². The Morgan fingerprint density at radius 1 is 1.10 bits per heavy atom. The number of benzene rings is 3. The molecular weight excluding hydrogens is 388 g/mol. The Labute approximate surface area is 182 Å². The smallest absolute Gasteiger partial charge is 0.163 e. The minimum Gasteiger partial charge on any atom is -0.507 e. The van der Waals surface area contributed by atoms with E-state index in [-0.39, 0.29) is 11.5 Å². The number of carbonyl (C=O) groups excluding carboxylic acids is 1. The van der Waals surface area contributed by atoms with Crippen molar-refractivity contribution >= 4 is 11.5 Å². The number of aromatic hydroxyl groups is 1. The van der Waals surface area contributed by atoms with Gasteiger partial charge >= 0.3 is 0 Å². The third-order valence-electron chi connectivity index (χ3n) is 5.02. The van der Waals surface area contributed by atoms with Gasteiger partial charge in [0, 0.05) is 17.8 Å². The quantitative estimate of drug-likeness (QED) is 0.445. The third-order valence-corrected chi connectivity index (χ3v) is 5.02. The minimum absolute atomic E-state index is 0.0202. The van der Waals surface area contributed by atoms with Crippen LogP contribution in [-0.2, 0) is 19.6 Å². The summed E-state index contributed by atoms with van der Waals surface area (Å²) in [5, 5.41) is 22.8. The van der Waals surface area contributed by atoms with Crippen LogP contribution < -0.4 is 10.1 Å². The molecule has 0 saturated heterocycles. The van der Waals surface area contributed by atoms with Gasteiger partial charge < -0.3 is 15.2 Å². The molecule has 158 valence electrons. The standard InChI is InChI=1S/C26H26N2O3/c1-3-5-24-25(13-12-23(18(2)29)26(24)30)31-17-19-8-10-22(11-9-19)28-16-21-7-4-6-20(14-21)15-27/h4,6-14,28,30H,3,5,16-17H2,1-2H3. The van der Waals surface area contributed by atoms with Crippen LogP contribution in [0.3, 0.4) is 0 Å². The van der Waals surface area contributed by atoms with Crippen LogP contribution in [0.15, 0.2) is 60.7 Å². The molecule has 0 radical (unpaired) electrons. The summed E-state index contributed by atoms with van der Waals surface area (Å²) in [4.78, 5) is 11.7. The van der Waals surface area contributed by atoms with Gasteiger partial charge in [-0.05, 0) is 60.9 Å². The molecule has 3 rings (SSSR count). The number of hydrogen-bond acceptors (Lipinski definition) is 5. The largest absolute Gasteiger partial charge is 0.507 e. The van der Waals surface area contributed by atoms with E-state index in [1.165, 1.54) is 6.92 Å². The molecule has 0 aliphatic rings. The van der Waals surface area contributed by atoms with Crippen molar-refractivity contribution in [2.24, 2.45) is 0 Å². The Hall–Kier alpha value is -3.78. The van der Waals surface area contributed by atoms with E-state index in [1.807, 2.05) is 49.4 Å². The molecule has 0 aromatic heterocycles. The molecule has 3 aromatic rings. The monoisotopic (exact) mass is 414 g/mol. The van der Waals surface area contributed by atoms with E-state index in [1.54, 1.807) is 18.2 Å². The van der Waals surface area contributed by atoms with Gasteiger partial charge in [0.15, 0.2) is 5.78 Å². The van der Waals surface area contributed by atoms with E-state index in [2.05, 4.69) is 11.4 Å². The molecular formula is C26H26N2O3. The highest BCUT2D eigenvalue weighted by atomic mass is 16.5. The third kappa shape index (κ3) is 5.64. The lowest BCUT2D eigenvalue weighted by Gasteiger charge is -2.15. The highest BCUT2D eigenvalue weighted by molar-refractivity contribution is 5.97. The Morgan fingerprint density at radius 2 is 1.87 bits per heavy atom. The molecule has 0 aliphatic heterocycles. The fourth-order valence-corrected chi connectivity index (χ4v) is 3.36. The van der Waals surface area contributed by atoms with Crippen LogP contribution in [0.4, 0.5) is 5.69 Å². The number of phenols is 1. The Balaban J connectivity index is 1.63. The molecule has 5 heteroatoms. The zero-order valence-electron chi connectivity index (χ0n) is 17.8. The number of Topliss-reactive ketones (excluding diaryl/α,β-unsaturated/α-hetero) is 1. The van der Waals surface area contributed by atoms with Gasteiger partial charge in [-0.1, -0.05) is 37.6 Å². The second kappa shape index (κ2) is 10.3. The van der Waals surface area contributed by atoms with Crippen molar-refractivity contribution in [3.8, 4) is 17.6 Å². The van der Waals surface area contributed by atoms with Crippen molar-refractivity contribution in [1.82, 2.24) is 0 Å². The average Bonchev–Trinajstić information content (AvgIpc) is 2.78. The Morgan fingerprint density at radius 3 is 2.55 bits per heavy atom.